The van der Waals surface area contributed by atoms with Gasteiger partial charge < -0.3 is 9.84 Å². The molecule has 0 aromatic heterocycles. The SMILES string of the molecule is CCC1OC(=O)C(C)C1C(=O)O. The van der Waals surface area contributed by atoms with Gasteiger partial charge in [-0.1, -0.05) is 13.8 Å². The van der Waals surface area contributed by atoms with Gasteiger partial charge in [-0.2, -0.15) is 0 Å². The molecule has 4 nitrogen and oxygen atoms in total. The molecule has 1 fully saturated rings. The zero-order valence-corrected chi connectivity index (χ0v) is 7.11. The topological polar surface area (TPSA) is 63.6 Å². The summed E-state index contributed by atoms with van der Waals surface area (Å²) >= 11 is 0. The molecule has 0 bridgehead atoms. The number of carboxylic acids is 1. The van der Waals surface area contributed by atoms with Crippen molar-refractivity contribution in [1.82, 2.24) is 0 Å². The Morgan fingerprint density at radius 1 is 1.67 bits per heavy atom. The fraction of sp³-hybridized carbons (Fsp3) is 0.750. The van der Waals surface area contributed by atoms with Crippen LogP contribution >= 0.6 is 0 Å². The van der Waals surface area contributed by atoms with Gasteiger partial charge in [-0.25, -0.2) is 0 Å². The van der Waals surface area contributed by atoms with E-state index in [1.165, 1.54) is 0 Å². The molecule has 0 aromatic carbocycles. The predicted molar refractivity (Wildman–Crippen MR) is 40.5 cm³/mol. The highest BCUT2D eigenvalue weighted by molar-refractivity contribution is 5.84. The summed E-state index contributed by atoms with van der Waals surface area (Å²) in [5, 5.41) is 8.77. The van der Waals surface area contributed by atoms with Crippen molar-refractivity contribution in [3.8, 4) is 0 Å². The molecule has 1 aliphatic rings. The van der Waals surface area contributed by atoms with Gasteiger partial charge in [-0.05, 0) is 6.42 Å². The number of hydrogen-bond acceptors (Lipinski definition) is 3. The van der Waals surface area contributed by atoms with Gasteiger partial charge in [0.25, 0.3) is 0 Å². The highest BCUT2D eigenvalue weighted by atomic mass is 16.6. The number of cyclic esters (lactones) is 1. The second kappa shape index (κ2) is 3.13. The first-order valence-corrected chi connectivity index (χ1v) is 4.01. The summed E-state index contributed by atoms with van der Waals surface area (Å²) < 4.78 is 4.88. The molecular weight excluding hydrogens is 160 g/mol. The van der Waals surface area contributed by atoms with E-state index >= 15 is 0 Å². The Bertz CT molecular complexity index is 211. The van der Waals surface area contributed by atoms with Gasteiger partial charge in [0, 0.05) is 0 Å². The minimum Gasteiger partial charge on any atom is -0.481 e. The van der Waals surface area contributed by atoms with Gasteiger partial charge in [0.1, 0.15) is 12.0 Å². The molecule has 1 aliphatic heterocycles. The van der Waals surface area contributed by atoms with Crippen molar-refractivity contribution in [1.29, 1.82) is 0 Å². The maximum absolute atomic E-state index is 11.0. The van der Waals surface area contributed by atoms with Crippen LogP contribution in [0.5, 0.6) is 0 Å². The molecule has 3 unspecified atom stereocenters. The van der Waals surface area contributed by atoms with E-state index in [1.807, 2.05) is 6.92 Å². The molecule has 4 heteroatoms. The molecule has 0 aromatic rings. The smallest absolute Gasteiger partial charge is 0.311 e. The maximum Gasteiger partial charge on any atom is 0.311 e. The molecule has 68 valence electrons. The number of rotatable bonds is 2. The van der Waals surface area contributed by atoms with Crippen LogP contribution in [0.1, 0.15) is 20.3 Å². The third-order valence-electron chi connectivity index (χ3n) is 2.27. The first-order chi connectivity index (χ1) is 5.57. The molecule has 1 heterocycles. The first-order valence-electron chi connectivity index (χ1n) is 4.01. The molecule has 0 saturated carbocycles. The average molecular weight is 172 g/mol. The van der Waals surface area contributed by atoms with E-state index < -0.39 is 29.9 Å². The number of ether oxygens (including phenoxy) is 1. The normalized spacial score (nSPS) is 34.8. The lowest BCUT2D eigenvalue weighted by molar-refractivity contribution is -0.144. The lowest BCUT2D eigenvalue weighted by Gasteiger charge is -2.12. The van der Waals surface area contributed by atoms with Gasteiger partial charge in [-0.3, -0.25) is 9.59 Å². The van der Waals surface area contributed by atoms with Crippen LogP contribution in [0.3, 0.4) is 0 Å². The van der Waals surface area contributed by atoms with Gasteiger partial charge in [-0.15, -0.1) is 0 Å². The van der Waals surface area contributed by atoms with Crippen molar-refractivity contribution in [2.75, 3.05) is 0 Å². The number of carbonyl (C=O) groups excluding carboxylic acids is 1. The predicted octanol–water partition coefficient (Wildman–Crippen LogP) is 0.659. The van der Waals surface area contributed by atoms with Gasteiger partial charge in [0.05, 0.1) is 5.92 Å². The highest BCUT2D eigenvalue weighted by Crippen LogP contribution is 2.29. The van der Waals surface area contributed by atoms with Crippen LogP contribution in [-0.4, -0.2) is 23.1 Å². The molecule has 0 amide bonds. The lowest BCUT2D eigenvalue weighted by atomic mass is 9.91. The monoisotopic (exact) mass is 172 g/mol. The third kappa shape index (κ3) is 1.29. The summed E-state index contributed by atoms with van der Waals surface area (Å²) in [5.41, 5.74) is 0. The van der Waals surface area contributed by atoms with Crippen LogP contribution in [0.2, 0.25) is 0 Å². The minimum atomic E-state index is -0.944. The fourth-order valence-electron chi connectivity index (χ4n) is 1.51. The highest BCUT2D eigenvalue weighted by Gasteiger charge is 2.45. The number of carbonyl (C=O) groups is 2. The van der Waals surface area contributed by atoms with Gasteiger partial charge in [0.2, 0.25) is 0 Å². The van der Waals surface area contributed by atoms with Crippen LogP contribution in [0.4, 0.5) is 0 Å². The van der Waals surface area contributed by atoms with Gasteiger partial charge >= 0.3 is 11.9 Å². The van der Waals surface area contributed by atoms with Crippen LogP contribution in [0, 0.1) is 11.8 Å². The van der Waals surface area contributed by atoms with Crippen LogP contribution < -0.4 is 0 Å². The molecule has 1 N–H and O–H groups in total. The molecule has 1 saturated heterocycles. The summed E-state index contributed by atoms with van der Waals surface area (Å²) in [5.74, 6) is -2.51. The summed E-state index contributed by atoms with van der Waals surface area (Å²) in [7, 11) is 0. The second-order valence-electron chi connectivity index (χ2n) is 3.04. The van der Waals surface area contributed by atoms with Crippen molar-refractivity contribution in [2.45, 2.75) is 26.4 Å². The van der Waals surface area contributed by atoms with E-state index in [9.17, 15) is 9.59 Å². The standard InChI is InChI=1S/C8H12O4/c1-3-5-6(7(9)10)4(2)8(11)12-5/h4-6H,3H2,1-2H3,(H,9,10). The lowest BCUT2D eigenvalue weighted by Crippen LogP contribution is -2.27. The number of aliphatic carboxylic acids is 1. The first kappa shape index (κ1) is 9.03. The Labute approximate surface area is 70.5 Å². The van der Waals surface area contributed by atoms with Crippen molar-refractivity contribution < 1.29 is 19.4 Å². The Morgan fingerprint density at radius 3 is 2.58 bits per heavy atom. The molecule has 12 heavy (non-hydrogen) atoms. The summed E-state index contributed by atoms with van der Waals surface area (Å²) in [6, 6.07) is 0. The van der Waals surface area contributed by atoms with E-state index in [1.54, 1.807) is 6.92 Å². The number of carboxylic acid groups (broad SMARTS) is 1. The maximum atomic E-state index is 11.0. The van der Waals surface area contributed by atoms with E-state index in [0.29, 0.717) is 6.42 Å². The fourth-order valence-corrected chi connectivity index (χ4v) is 1.51. The van der Waals surface area contributed by atoms with Gasteiger partial charge in [0.15, 0.2) is 0 Å². The van der Waals surface area contributed by atoms with Crippen LogP contribution in [0.15, 0.2) is 0 Å². The van der Waals surface area contributed by atoms with E-state index in [2.05, 4.69) is 0 Å². The summed E-state index contributed by atoms with van der Waals surface area (Å²) in [6.45, 7) is 3.41. The van der Waals surface area contributed by atoms with E-state index in [-0.39, 0.29) is 0 Å². The Hall–Kier alpha value is -1.06. The van der Waals surface area contributed by atoms with Crippen molar-refractivity contribution in [3.63, 3.8) is 0 Å². The second-order valence-corrected chi connectivity index (χ2v) is 3.04. The van der Waals surface area contributed by atoms with Crippen LogP contribution in [0.25, 0.3) is 0 Å². The molecule has 0 spiro atoms. The van der Waals surface area contributed by atoms with E-state index in [0.717, 1.165) is 0 Å². The van der Waals surface area contributed by atoms with Crippen molar-refractivity contribution >= 4 is 11.9 Å². The molecule has 0 aliphatic carbocycles. The van der Waals surface area contributed by atoms with Crippen molar-refractivity contribution in [2.24, 2.45) is 11.8 Å². The summed E-state index contributed by atoms with van der Waals surface area (Å²) in [4.78, 5) is 21.7. The quantitative estimate of drug-likeness (QED) is 0.621. The Kier molecular flexibility index (Phi) is 2.35. The largest absolute Gasteiger partial charge is 0.481 e. The molecule has 3 atom stereocenters. The van der Waals surface area contributed by atoms with Crippen molar-refractivity contribution in [3.05, 3.63) is 0 Å². The molecular formula is C8H12O4. The van der Waals surface area contributed by atoms with E-state index in [4.69, 9.17) is 9.84 Å². The number of esters is 1. The Morgan fingerprint density at radius 2 is 2.25 bits per heavy atom. The zero-order chi connectivity index (χ0) is 9.30. The third-order valence-corrected chi connectivity index (χ3v) is 2.27. The van der Waals surface area contributed by atoms with Crippen LogP contribution in [-0.2, 0) is 14.3 Å². The minimum absolute atomic E-state index is 0.394. The summed E-state index contributed by atoms with van der Waals surface area (Å²) in [6.07, 6.45) is 0.123. The zero-order valence-electron chi connectivity index (χ0n) is 7.11. The molecule has 1 rings (SSSR count). The molecule has 0 radical (unpaired) electrons. The Balaban J connectivity index is 2.80. The average Bonchev–Trinajstić information content (AvgIpc) is 2.28. The number of hydrogen-bond donors (Lipinski definition) is 1.